The molecule has 1 aliphatic carbocycles. The van der Waals surface area contributed by atoms with E-state index in [9.17, 15) is 18.0 Å². The number of rotatable bonds is 5. The third-order valence-electron chi connectivity index (χ3n) is 3.44. The van der Waals surface area contributed by atoms with Crippen LogP contribution in [0.15, 0.2) is 24.3 Å². The predicted molar refractivity (Wildman–Crippen MR) is 68.9 cm³/mol. The summed E-state index contributed by atoms with van der Waals surface area (Å²) in [6.45, 7) is 0.317. The van der Waals surface area contributed by atoms with Gasteiger partial charge in [0.15, 0.2) is 0 Å². The van der Waals surface area contributed by atoms with Crippen molar-refractivity contribution in [1.29, 1.82) is 0 Å². The fourth-order valence-corrected chi connectivity index (χ4v) is 2.11. The van der Waals surface area contributed by atoms with Crippen LogP contribution in [0.25, 0.3) is 0 Å². The Kier molecular flexibility index (Phi) is 4.32. The molecule has 1 atom stereocenters. The summed E-state index contributed by atoms with van der Waals surface area (Å²) in [5.41, 5.74) is 5.05. The van der Waals surface area contributed by atoms with E-state index < -0.39 is 17.6 Å². The number of carbonyl (C=O) groups excluding carboxylic acids is 1. The summed E-state index contributed by atoms with van der Waals surface area (Å²) >= 11 is 0. The summed E-state index contributed by atoms with van der Waals surface area (Å²) in [7, 11) is 0. The first-order valence-electron chi connectivity index (χ1n) is 6.55. The monoisotopic (exact) mass is 286 g/mol. The van der Waals surface area contributed by atoms with E-state index in [1.807, 2.05) is 0 Å². The molecule has 110 valence electrons. The Hall–Kier alpha value is -1.56. The van der Waals surface area contributed by atoms with Crippen molar-refractivity contribution in [2.24, 2.45) is 11.7 Å². The van der Waals surface area contributed by atoms with Gasteiger partial charge in [-0.1, -0.05) is 18.2 Å². The van der Waals surface area contributed by atoms with Crippen molar-refractivity contribution in [1.82, 2.24) is 5.32 Å². The highest BCUT2D eigenvalue weighted by Gasteiger charge is 2.33. The molecule has 1 unspecified atom stereocenters. The maximum atomic E-state index is 12.8. The second-order valence-electron chi connectivity index (χ2n) is 5.14. The van der Waals surface area contributed by atoms with Crippen molar-refractivity contribution >= 4 is 5.91 Å². The molecule has 0 radical (unpaired) electrons. The van der Waals surface area contributed by atoms with E-state index in [1.54, 1.807) is 0 Å². The zero-order valence-corrected chi connectivity index (χ0v) is 10.9. The summed E-state index contributed by atoms with van der Waals surface area (Å²) in [6, 6.07) is 5.01. The molecule has 3 N–H and O–H groups in total. The highest BCUT2D eigenvalue weighted by Crippen LogP contribution is 2.32. The number of benzene rings is 1. The van der Waals surface area contributed by atoms with Gasteiger partial charge in [0.25, 0.3) is 0 Å². The molecule has 1 amide bonds. The summed E-state index contributed by atoms with van der Waals surface area (Å²) in [5.74, 6) is 0.00978. The van der Waals surface area contributed by atoms with Crippen LogP contribution in [0.4, 0.5) is 13.2 Å². The van der Waals surface area contributed by atoms with Gasteiger partial charge in [-0.3, -0.25) is 4.79 Å². The molecule has 1 aromatic carbocycles. The third kappa shape index (κ3) is 3.96. The van der Waals surface area contributed by atoms with Gasteiger partial charge in [0.2, 0.25) is 5.91 Å². The van der Waals surface area contributed by atoms with Gasteiger partial charge >= 0.3 is 6.18 Å². The van der Waals surface area contributed by atoms with E-state index >= 15 is 0 Å². The number of carbonyl (C=O) groups is 1. The average molecular weight is 286 g/mol. The van der Waals surface area contributed by atoms with Gasteiger partial charge in [-0.15, -0.1) is 0 Å². The van der Waals surface area contributed by atoms with E-state index in [-0.39, 0.29) is 18.0 Å². The van der Waals surface area contributed by atoms with Crippen molar-refractivity contribution < 1.29 is 18.0 Å². The van der Waals surface area contributed by atoms with Crippen LogP contribution in [0.1, 0.15) is 24.0 Å². The molecule has 1 saturated carbocycles. The van der Waals surface area contributed by atoms with Crippen LogP contribution >= 0.6 is 0 Å². The lowest BCUT2D eigenvalue weighted by Gasteiger charge is -2.14. The van der Waals surface area contributed by atoms with Crippen LogP contribution in [-0.2, 0) is 17.4 Å². The lowest BCUT2D eigenvalue weighted by molar-refractivity contribution is -0.138. The quantitative estimate of drug-likeness (QED) is 0.871. The van der Waals surface area contributed by atoms with E-state index in [0.717, 1.165) is 18.9 Å². The highest BCUT2D eigenvalue weighted by atomic mass is 19.4. The van der Waals surface area contributed by atoms with Crippen LogP contribution in [0, 0.1) is 5.92 Å². The van der Waals surface area contributed by atoms with Gasteiger partial charge in [-0.05, 0) is 30.4 Å². The van der Waals surface area contributed by atoms with Gasteiger partial charge in [0.05, 0.1) is 12.0 Å². The van der Waals surface area contributed by atoms with Crippen molar-refractivity contribution in [2.45, 2.75) is 31.5 Å². The predicted octanol–water partition coefficient (Wildman–Crippen LogP) is 2.10. The van der Waals surface area contributed by atoms with Crippen LogP contribution in [0.2, 0.25) is 0 Å². The van der Waals surface area contributed by atoms with Gasteiger partial charge in [0.1, 0.15) is 0 Å². The Balaban J connectivity index is 1.93. The Morgan fingerprint density at radius 2 is 2.00 bits per heavy atom. The summed E-state index contributed by atoms with van der Waals surface area (Å²) in [5, 5.41) is 2.60. The molecule has 6 heteroatoms. The van der Waals surface area contributed by atoms with Crippen LogP contribution in [-0.4, -0.2) is 18.5 Å². The molecule has 0 spiro atoms. The first-order valence-corrected chi connectivity index (χ1v) is 6.55. The largest absolute Gasteiger partial charge is 0.416 e. The minimum Gasteiger partial charge on any atom is -0.354 e. The van der Waals surface area contributed by atoms with Crippen LogP contribution < -0.4 is 11.1 Å². The van der Waals surface area contributed by atoms with Crippen LogP contribution in [0.5, 0.6) is 0 Å². The molecule has 2 rings (SSSR count). The van der Waals surface area contributed by atoms with E-state index in [0.29, 0.717) is 12.5 Å². The van der Waals surface area contributed by atoms with Gasteiger partial charge in [0, 0.05) is 12.6 Å². The molecule has 1 aromatic rings. The molecule has 0 aliphatic heterocycles. The minimum atomic E-state index is -4.44. The number of hydrogen-bond donors (Lipinski definition) is 2. The summed E-state index contributed by atoms with van der Waals surface area (Å²) < 4.78 is 38.3. The second-order valence-corrected chi connectivity index (χ2v) is 5.14. The zero-order valence-electron chi connectivity index (χ0n) is 10.9. The maximum absolute atomic E-state index is 12.8. The molecular formula is C14H17F3N2O. The number of alkyl halides is 3. The molecule has 0 heterocycles. The minimum absolute atomic E-state index is 0.0162. The molecule has 0 aromatic heterocycles. The van der Waals surface area contributed by atoms with Gasteiger partial charge < -0.3 is 11.1 Å². The van der Waals surface area contributed by atoms with Gasteiger partial charge in [-0.2, -0.15) is 13.2 Å². The van der Waals surface area contributed by atoms with Gasteiger partial charge in [-0.25, -0.2) is 0 Å². The Labute approximate surface area is 115 Å². The summed E-state index contributed by atoms with van der Waals surface area (Å²) in [6.07, 6.45) is -2.60. The number of nitrogens with one attached hydrogen (secondary N) is 1. The normalized spacial score (nSPS) is 16.8. The molecule has 1 fully saturated rings. The lowest BCUT2D eigenvalue weighted by Crippen LogP contribution is -2.39. The maximum Gasteiger partial charge on any atom is 0.416 e. The second kappa shape index (κ2) is 5.83. The SMILES string of the molecule is NC(CNC(=O)Cc1ccccc1C(F)(F)F)C1CC1. The van der Waals surface area contributed by atoms with E-state index in [4.69, 9.17) is 5.73 Å². The number of hydrogen-bond acceptors (Lipinski definition) is 2. The fraction of sp³-hybridized carbons (Fsp3) is 0.500. The number of nitrogens with two attached hydrogens (primary N) is 1. The number of amides is 1. The molecule has 0 saturated heterocycles. The van der Waals surface area contributed by atoms with E-state index in [2.05, 4.69) is 5.32 Å². The Bertz CT molecular complexity index is 484. The van der Waals surface area contributed by atoms with Crippen LogP contribution in [0.3, 0.4) is 0 Å². The first-order chi connectivity index (χ1) is 9.38. The zero-order chi connectivity index (χ0) is 14.8. The molecular weight excluding hydrogens is 269 g/mol. The highest BCUT2D eigenvalue weighted by molar-refractivity contribution is 5.79. The topological polar surface area (TPSA) is 55.1 Å². The lowest BCUT2D eigenvalue weighted by atomic mass is 10.0. The average Bonchev–Trinajstić information content (AvgIpc) is 3.19. The first kappa shape index (κ1) is 14.8. The van der Waals surface area contributed by atoms with Crippen molar-refractivity contribution in [3.63, 3.8) is 0 Å². The molecule has 3 nitrogen and oxygen atoms in total. The molecule has 1 aliphatic rings. The molecule has 0 bridgehead atoms. The molecule has 20 heavy (non-hydrogen) atoms. The Morgan fingerprint density at radius 3 is 2.60 bits per heavy atom. The summed E-state index contributed by atoms with van der Waals surface area (Å²) in [4.78, 5) is 11.7. The standard InChI is InChI=1S/C14H17F3N2O/c15-14(16,17)11-4-2-1-3-10(11)7-13(20)19-8-12(18)9-5-6-9/h1-4,9,12H,5-8,18H2,(H,19,20). The van der Waals surface area contributed by atoms with Crippen molar-refractivity contribution in [3.05, 3.63) is 35.4 Å². The smallest absolute Gasteiger partial charge is 0.354 e. The Morgan fingerprint density at radius 1 is 1.35 bits per heavy atom. The van der Waals surface area contributed by atoms with Crippen molar-refractivity contribution in [2.75, 3.05) is 6.54 Å². The van der Waals surface area contributed by atoms with Crippen molar-refractivity contribution in [3.8, 4) is 0 Å². The fourth-order valence-electron chi connectivity index (χ4n) is 2.11. The van der Waals surface area contributed by atoms with E-state index in [1.165, 1.54) is 18.2 Å². The number of halogens is 3. The third-order valence-corrected chi connectivity index (χ3v) is 3.44.